The maximum atomic E-state index is 12.3. The third-order valence-corrected chi connectivity index (χ3v) is 5.02. The second-order valence-electron chi connectivity index (χ2n) is 7.30. The number of carbonyl (C=O) groups is 1. The summed E-state index contributed by atoms with van der Waals surface area (Å²) in [5.41, 5.74) is 2.74. The van der Waals surface area contributed by atoms with Gasteiger partial charge in [0.05, 0.1) is 6.61 Å². The summed E-state index contributed by atoms with van der Waals surface area (Å²) in [5, 5.41) is 23.8. The summed E-state index contributed by atoms with van der Waals surface area (Å²) < 4.78 is 10.8. The minimum absolute atomic E-state index is 0.0876. The van der Waals surface area contributed by atoms with Crippen molar-refractivity contribution in [2.45, 2.75) is 39.1 Å². The highest BCUT2D eigenvalue weighted by Gasteiger charge is 2.43. The van der Waals surface area contributed by atoms with E-state index >= 15 is 0 Å². The molecule has 1 aromatic heterocycles. The predicted octanol–water partition coefficient (Wildman–Crippen LogP) is 3.53. The molecule has 2 N–H and O–H groups in total. The lowest BCUT2D eigenvalue weighted by molar-refractivity contribution is -0.166. The highest BCUT2D eigenvalue weighted by atomic mass is 16.5. The Balaban J connectivity index is 1.75. The maximum absolute atomic E-state index is 12.3. The van der Waals surface area contributed by atoms with Crippen molar-refractivity contribution in [2.24, 2.45) is 0 Å². The molecule has 3 aromatic rings. The number of ether oxygens (including phenoxy) is 1. The molecule has 0 spiro atoms. The highest BCUT2D eigenvalue weighted by molar-refractivity contribution is 5.88. The molecular weight excluding hydrogens is 370 g/mol. The van der Waals surface area contributed by atoms with Gasteiger partial charge in [0.2, 0.25) is 0 Å². The Morgan fingerprint density at radius 2 is 1.69 bits per heavy atom. The number of aliphatic hydroxyl groups excluding tert-OH is 2. The van der Waals surface area contributed by atoms with Gasteiger partial charge in [-0.05, 0) is 37.5 Å². The first-order valence-corrected chi connectivity index (χ1v) is 9.39. The van der Waals surface area contributed by atoms with E-state index in [-0.39, 0.29) is 12.3 Å². The van der Waals surface area contributed by atoms with E-state index in [0.717, 1.165) is 16.7 Å². The Morgan fingerprint density at radius 3 is 2.21 bits per heavy atom. The quantitative estimate of drug-likeness (QED) is 0.606. The molecule has 0 saturated carbocycles. The molecule has 0 bridgehead atoms. The largest absolute Gasteiger partial charge is 0.388 e. The van der Waals surface area contributed by atoms with E-state index in [1.807, 2.05) is 31.2 Å². The molecule has 6 heteroatoms. The number of aryl methyl sites for hydroxylation is 2. The van der Waals surface area contributed by atoms with Gasteiger partial charge in [-0.1, -0.05) is 59.3 Å². The predicted molar refractivity (Wildman–Crippen MR) is 108 cm³/mol. The van der Waals surface area contributed by atoms with Gasteiger partial charge in [-0.2, -0.15) is 0 Å². The number of carbonyl (C=O) groups excluding carboxylic acids is 1. The van der Waals surface area contributed by atoms with Crippen LogP contribution in [0.4, 0.5) is 0 Å². The molecule has 0 fully saturated rings. The molecule has 3 rings (SSSR count). The molecule has 0 saturated heterocycles. The molecule has 29 heavy (non-hydrogen) atoms. The van der Waals surface area contributed by atoms with Gasteiger partial charge in [0, 0.05) is 6.07 Å². The first-order valence-electron chi connectivity index (χ1n) is 9.39. The molecule has 0 unspecified atom stereocenters. The van der Waals surface area contributed by atoms with Gasteiger partial charge in [-0.15, -0.1) is 0 Å². The van der Waals surface area contributed by atoms with Crippen molar-refractivity contribution >= 4 is 5.78 Å². The molecule has 1 heterocycles. The number of hydrogen-bond donors (Lipinski definition) is 2. The lowest BCUT2D eigenvalue weighted by Crippen LogP contribution is -2.46. The minimum atomic E-state index is -1.66. The second kappa shape index (κ2) is 8.69. The molecule has 0 amide bonds. The van der Waals surface area contributed by atoms with Crippen LogP contribution in [0.2, 0.25) is 0 Å². The zero-order valence-electron chi connectivity index (χ0n) is 16.8. The van der Waals surface area contributed by atoms with Crippen molar-refractivity contribution in [1.29, 1.82) is 0 Å². The summed E-state index contributed by atoms with van der Waals surface area (Å²) in [6.07, 6.45) is -1.37. The van der Waals surface area contributed by atoms with Crippen molar-refractivity contribution in [2.75, 3.05) is 6.61 Å². The molecule has 0 aliphatic rings. The number of rotatable bonds is 8. The first kappa shape index (κ1) is 20.9. The molecule has 152 valence electrons. The molecular formula is C23H25NO5. The Bertz CT molecular complexity index is 962. The summed E-state index contributed by atoms with van der Waals surface area (Å²) in [4.78, 5) is 12.3. The number of aliphatic hydroxyl groups is 2. The highest BCUT2D eigenvalue weighted by Crippen LogP contribution is 2.31. The summed E-state index contributed by atoms with van der Waals surface area (Å²) in [5.74, 6) is -0.133. The lowest BCUT2D eigenvalue weighted by Gasteiger charge is -2.31. The first-order chi connectivity index (χ1) is 13.8. The normalized spacial score (nSPS) is 14.4. The van der Waals surface area contributed by atoms with Crippen LogP contribution in [0.15, 0.2) is 59.1 Å². The van der Waals surface area contributed by atoms with Crippen LogP contribution >= 0.6 is 0 Å². The van der Waals surface area contributed by atoms with Gasteiger partial charge < -0.3 is 19.5 Å². The zero-order chi connectivity index (χ0) is 21.0. The van der Waals surface area contributed by atoms with Crippen LogP contribution in [0.1, 0.15) is 35.6 Å². The summed E-state index contributed by atoms with van der Waals surface area (Å²) in [6.45, 7) is 4.51. The lowest BCUT2D eigenvalue weighted by atomic mass is 9.91. The second-order valence-corrected chi connectivity index (χ2v) is 7.30. The SMILES string of the molecule is Cc1ccc(-c2ccc(CO[C@](C)(C(=O)CO)[C@@H](O)c3cc(C)on3)cc2)cc1. The van der Waals surface area contributed by atoms with Crippen molar-refractivity contribution < 1.29 is 24.3 Å². The summed E-state index contributed by atoms with van der Waals surface area (Å²) in [7, 11) is 0. The van der Waals surface area contributed by atoms with Crippen LogP contribution in [-0.4, -0.2) is 33.4 Å². The third-order valence-electron chi connectivity index (χ3n) is 5.02. The Hall–Kier alpha value is -2.80. The van der Waals surface area contributed by atoms with E-state index < -0.39 is 24.1 Å². The van der Waals surface area contributed by atoms with Crippen molar-refractivity contribution in [3.05, 3.63) is 77.2 Å². The van der Waals surface area contributed by atoms with Crippen LogP contribution in [0, 0.1) is 13.8 Å². The van der Waals surface area contributed by atoms with Crippen molar-refractivity contribution in [3.8, 4) is 11.1 Å². The van der Waals surface area contributed by atoms with E-state index in [0.29, 0.717) is 5.76 Å². The average molecular weight is 395 g/mol. The number of Topliss-reactive ketones (excluding diaryl/α,β-unsaturated/α-hetero) is 1. The molecule has 0 aliphatic heterocycles. The number of benzene rings is 2. The number of hydrogen-bond acceptors (Lipinski definition) is 6. The minimum Gasteiger partial charge on any atom is -0.388 e. The molecule has 0 radical (unpaired) electrons. The van der Waals surface area contributed by atoms with Gasteiger partial charge >= 0.3 is 0 Å². The van der Waals surface area contributed by atoms with E-state index in [2.05, 4.69) is 29.4 Å². The number of aromatic nitrogens is 1. The van der Waals surface area contributed by atoms with Crippen LogP contribution < -0.4 is 0 Å². The fourth-order valence-electron chi connectivity index (χ4n) is 3.04. The van der Waals surface area contributed by atoms with Crippen LogP contribution in [0.5, 0.6) is 0 Å². The molecule has 6 nitrogen and oxygen atoms in total. The molecule has 2 aromatic carbocycles. The third kappa shape index (κ3) is 4.62. The fraction of sp³-hybridized carbons (Fsp3) is 0.304. The number of nitrogens with zero attached hydrogens (tertiary/aromatic N) is 1. The van der Waals surface area contributed by atoms with Crippen molar-refractivity contribution in [3.63, 3.8) is 0 Å². The van der Waals surface area contributed by atoms with Crippen LogP contribution in [0.3, 0.4) is 0 Å². The Labute approximate surface area is 169 Å². The smallest absolute Gasteiger partial charge is 0.192 e. The monoisotopic (exact) mass is 395 g/mol. The van der Waals surface area contributed by atoms with E-state index in [1.54, 1.807) is 6.92 Å². The molecule has 0 aliphatic carbocycles. The number of ketones is 1. The summed E-state index contributed by atoms with van der Waals surface area (Å²) >= 11 is 0. The zero-order valence-corrected chi connectivity index (χ0v) is 16.8. The van der Waals surface area contributed by atoms with E-state index in [4.69, 9.17) is 9.26 Å². The van der Waals surface area contributed by atoms with Gasteiger partial charge in [0.1, 0.15) is 24.2 Å². The fourth-order valence-corrected chi connectivity index (χ4v) is 3.04. The van der Waals surface area contributed by atoms with Gasteiger partial charge in [-0.25, -0.2) is 0 Å². The Kier molecular flexibility index (Phi) is 6.27. The summed E-state index contributed by atoms with van der Waals surface area (Å²) in [6, 6.07) is 17.6. The van der Waals surface area contributed by atoms with Crippen LogP contribution in [0.25, 0.3) is 11.1 Å². The van der Waals surface area contributed by atoms with E-state index in [1.165, 1.54) is 18.6 Å². The van der Waals surface area contributed by atoms with E-state index in [9.17, 15) is 15.0 Å². The molecule has 2 atom stereocenters. The van der Waals surface area contributed by atoms with Crippen molar-refractivity contribution in [1.82, 2.24) is 5.16 Å². The van der Waals surface area contributed by atoms with Crippen LogP contribution in [-0.2, 0) is 16.1 Å². The topological polar surface area (TPSA) is 92.8 Å². The average Bonchev–Trinajstić information content (AvgIpc) is 3.18. The van der Waals surface area contributed by atoms with Gasteiger partial charge in [0.25, 0.3) is 0 Å². The maximum Gasteiger partial charge on any atom is 0.192 e. The Morgan fingerprint density at radius 1 is 1.10 bits per heavy atom. The standard InChI is InChI=1S/C23H25NO5/c1-15-4-8-18(9-5-15)19-10-6-17(7-11-19)14-28-23(3,21(26)13-25)22(27)20-12-16(2)29-24-20/h4-12,22,25,27H,13-14H2,1-3H3/t22-,23+/m0/s1. The van der Waals surface area contributed by atoms with Gasteiger partial charge in [-0.3, -0.25) is 4.79 Å². The van der Waals surface area contributed by atoms with Gasteiger partial charge in [0.15, 0.2) is 11.4 Å².